The molecule has 2 aromatic carbocycles. The van der Waals surface area contributed by atoms with Crippen LogP contribution in [0.3, 0.4) is 0 Å². The van der Waals surface area contributed by atoms with Gasteiger partial charge in [-0.25, -0.2) is 0 Å². The van der Waals surface area contributed by atoms with Crippen molar-refractivity contribution >= 4 is 52.5 Å². The maximum Gasteiger partial charge on any atom is 0.270 e. The van der Waals surface area contributed by atoms with E-state index in [4.69, 9.17) is 23.8 Å². The normalized spacial score (nSPS) is 15.5. The molecule has 0 saturated carbocycles. The molecule has 4 rings (SSSR count). The van der Waals surface area contributed by atoms with E-state index in [1.165, 1.54) is 10.5 Å². The molecule has 32 heavy (non-hydrogen) atoms. The molecule has 1 fully saturated rings. The van der Waals surface area contributed by atoms with Crippen LogP contribution >= 0.6 is 23.8 Å². The highest BCUT2D eigenvalue weighted by Gasteiger charge is 2.35. The lowest BCUT2D eigenvalue weighted by Crippen LogP contribution is -2.54. The van der Waals surface area contributed by atoms with Crippen molar-refractivity contribution in [2.45, 2.75) is 27.7 Å². The van der Waals surface area contributed by atoms with E-state index in [-0.39, 0.29) is 10.7 Å². The van der Waals surface area contributed by atoms with Gasteiger partial charge >= 0.3 is 0 Å². The number of aryl methyl sites for hydroxylation is 3. The number of benzene rings is 2. The highest BCUT2D eigenvalue weighted by molar-refractivity contribution is 7.80. The van der Waals surface area contributed by atoms with Gasteiger partial charge in [-0.05, 0) is 87.4 Å². The lowest BCUT2D eigenvalue weighted by atomic mass is 10.1. The van der Waals surface area contributed by atoms with Crippen molar-refractivity contribution < 1.29 is 9.59 Å². The Balaban J connectivity index is 1.76. The van der Waals surface area contributed by atoms with Crippen LogP contribution in [0.15, 0.2) is 54.1 Å². The third kappa shape index (κ3) is 3.87. The number of hydrogen-bond acceptors (Lipinski definition) is 3. The smallest absolute Gasteiger partial charge is 0.270 e. The van der Waals surface area contributed by atoms with Crippen LogP contribution < -0.4 is 10.2 Å². The van der Waals surface area contributed by atoms with Crippen molar-refractivity contribution in [1.82, 2.24) is 9.88 Å². The average Bonchev–Trinajstić information content (AvgIpc) is 3.01. The average molecular weight is 464 g/mol. The zero-order valence-corrected chi connectivity index (χ0v) is 19.8. The van der Waals surface area contributed by atoms with Gasteiger partial charge in [0.05, 0.1) is 5.69 Å². The minimum atomic E-state index is -0.519. The molecule has 1 N–H and O–H groups in total. The SMILES string of the molecule is Cc1ccc(-n2c(C)cc(/C=C3/C(=O)NC(=S)N(c4ccc(C)c(Cl)c4)C3=O)c2C)cc1. The van der Waals surface area contributed by atoms with E-state index in [0.717, 1.165) is 28.2 Å². The van der Waals surface area contributed by atoms with Gasteiger partial charge < -0.3 is 4.57 Å². The summed E-state index contributed by atoms with van der Waals surface area (Å²) in [7, 11) is 0. The summed E-state index contributed by atoms with van der Waals surface area (Å²) in [5.41, 5.74) is 6.32. The highest BCUT2D eigenvalue weighted by atomic mass is 35.5. The first kappa shape index (κ1) is 22.0. The fraction of sp³-hybridized carbons (Fsp3) is 0.160. The molecule has 1 aromatic heterocycles. The summed E-state index contributed by atoms with van der Waals surface area (Å²) in [6, 6.07) is 15.4. The predicted molar refractivity (Wildman–Crippen MR) is 132 cm³/mol. The van der Waals surface area contributed by atoms with Crippen molar-refractivity contribution in [3.63, 3.8) is 0 Å². The third-order valence-electron chi connectivity index (χ3n) is 5.58. The van der Waals surface area contributed by atoms with Crippen molar-refractivity contribution in [2.24, 2.45) is 0 Å². The van der Waals surface area contributed by atoms with E-state index in [0.29, 0.717) is 10.7 Å². The number of rotatable bonds is 3. The van der Waals surface area contributed by atoms with Crippen LogP contribution in [0.25, 0.3) is 11.8 Å². The highest BCUT2D eigenvalue weighted by Crippen LogP contribution is 2.28. The summed E-state index contributed by atoms with van der Waals surface area (Å²) in [4.78, 5) is 27.3. The van der Waals surface area contributed by atoms with Crippen molar-refractivity contribution in [2.75, 3.05) is 4.90 Å². The Hall–Kier alpha value is -3.22. The van der Waals surface area contributed by atoms with Gasteiger partial charge in [0.2, 0.25) is 0 Å². The number of anilines is 1. The quantitative estimate of drug-likeness (QED) is 0.330. The molecule has 7 heteroatoms. The molecule has 1 aliphatic rings. The van der Waals surface area contributed by atoms with Crippen LogP contribution in [0.4, 0.5) is 5.69 Å². The number of amides is 2. The van der Waals surface area contributed by atoms with E-state index in [2.05, 4.69) is 22.0 Å². The standard InChI is InChI=1S/C25H22ClN3O2S/c1-14-5-8-19(9-6-14)28-16(3)11-18(17(28)4)12-21-23(30)27-25(32)29(24(21)31)20-10-7-15(2)22(26)13-20/h5-13H,1-4H3,(H,27,30,32)/b21-12-. The van der Waals surface area contributed by atoms with Gasteiger partial charge in [-0.15, -0.1) is 0 Å². The van der Waals surface area contributed by atoms with Gasteiger partial charge in [-0.3, -0.25) is 19.8 Å². The first-order valence-electron chi connectivity index (χ1n) is 10.1. The molecule has 1 aliphatic heterocycles. The van der Waals surface area contributed by atoms with Gasteiger partial charge in [-0.2, -0.15) is 0 Å². The molecule has 1 saturated heterocycles. The summed E-state index contributed by atoms with van der Waals surface area (Å²) in [5.74, 6) is -1.01. The Morgan fingerprint density at radius 1 is 0.938 bits per heavy atom. The van der Waals surface area contributed by atoms with Crippen LogP contribution in [0.5, 0.6) is 0 Å². The molecular weight excluding hydrogens is 442 g/mol. The number of nitrogens with one attached hydrogen (secondary N) is 1. The lowest BCUT2D eigenvalue weighted by molar-refractivity contribution is -0.122. The number of thiocarbonyl (C=S) groups is 1. The summed E-state index contributed by atoms with van der Waals surface area (Å²) in [5, 5.41) is 3.17. The second-order valence-electron chi connectivity index (χ2n) is 7.89. The lowest BCUT2D eigenvalue weighted by Gasteiger charge is -2.29. The van der Waals surface area contributed by atoms with Gasteiger partial charge in [0, 0.05) is 22.1 Å². The molecule has 3 aromatic rings. The van der Waals surface area contributed by atoms with Gasteiger partial charge in [0.15, 0.2) is 5.11 Å². The molecule has 2 amide bonds. The molecule has 0 radical (unpaired) electrons. The summed E-state index contributed by atoms with van der Waals surface area (Å²) >= 11 is 11.5. The molecule has 2 heterocycles. The number of aromatic nitrogens is 1. The summed E-state index contributed by atoms with van der Waals surface area (Å²) in [6.07, 6.45) is 1.62. The van der Waals surface area contributed by atoms with E-state index in [1.807, 2.05) is 52.0 Å². The summed E-state index contributed by atoms with van der Waals surface area (Å²) < 4.78 is 2.10. The monoisotopic (exact) mass is 463 g/mol. The third-order valence-corrected chi connectivity index (χ3v) is 6.27. The van der Waals surface area contributed by atoms with Gasteiger partial charge in [-0.1, -0.05) is 35.4 Å². The predicted octanol–water partition coefficient (Wildman–Crippen LogP) is 5.20. The van der Waals surface area contributed by atoms with Crippen molar-refractivity contribution in [3.8, 4) is 5.69 Å². The Bertz CT molecular complexity index is 1310. The number of carbonyl (C=O) groups excluding carboxylic acids is 2. The number of carbonyl (C=O) groups is 2. The van der Waals surface area contributed by atoms with Gasteiger partial charge in [0.25, 0.3) is 11.8 Å². The molecule has 0 bridgehead atoms. The van der Waals surface area contributed by atoms with E-state index in [1.54, 1.807) is 18.2 Å². The molecule has 0 unspecified atom stereocenters. The van der Waals surface area contributed by atoms with Crippen molar-refractivity contribution in [1.29, 1.82) is 0 Å². The number of nitrogens with zero attached hydrogens (tertiary/aromatic N) is 2. The van der Waals surface area contributed by atoms with Crippen LogP contribution in [0.2, 0.25) is 5.02 Å². The fourth-order valence-electron chi connectivity index (χ4n) is 3.79. The van der Waals surface area contributed by atoms with E-state index in [9.17, 15) is 9.59 Å². The Labute approximate surface area is 197 Å². The van der Waals surface area contributed by atoms with E-state index < -0.39 is 11.8 Å². The Morgan fingerprint density at radius 2 is 1.59 bits per heavy atom. The summed E-state index contributed by atoms with van der Waals surface area (Å²) in [6.45, 7) is 7.87. The second-order valence-corrected chi connectivity index (χ2v) is 8.68. The first-order valence-corrected chi connectivity index (χ1v) is 10.9. The van der Waals surface area contributed by atoms with Crippen LogP contribution in [-0.2, 0) is 9.59 Å². The maximum atomic E-state index is 13.3. The minimum absolute atomic E-state index is 0.0134. The molecule has 0 spiro atoms. The Morgan fingerprint density at radius 3 is 2.25 bits per heavy atom. The molecule has 0 aliphatic carbocycles. The largest absolute Gasteiger partial charge is 0.318 e. The van der Waals surface area contributed by atoms with Crippen LogP contribution in [0.1, 0.15) is 28.1 Å². The minimum Gasteiger partial charge on any atom is -0.318 e. The van der Waals surface area contributed by atoms with Crippen LogP contribution in [-0.4, -0.2) is 21.5 Å². The van der Waals surface area contributed by atoms with Crippen LogP contribution in [0, 0.1) is 27.7 Å². The molecule has 5 nitrogen and oxygen atoms in total. The zero-order chi connectivity index (χ0) is 23.2. The topological polar surface area (TPSA) is 54.3 Å². The second kappa shape index (κ2) is 8.37. The fourth-order valence-corrected chi connectivity index (χ4v) is 4.25. The molecule has 162 valence electrons. The first-order chi connectivity index (χ1) is 15.2. The number of hydrogen-bond donors (Lipinski definition) is 1. The number of halogens is 1. The zero-order valence-electron chi connectivity index (χ0n) is 18.2. The molecular formula is C25H22ClN3O2S. The Kier molecular flexibility index (Phi) is 5.75. The van der Waals surface area contributed by atoms with E-state index >= 15 is 0 Å². The van der Waals surface area contributed by atoms with Gasteiger partial charge in [0.1, 0.15) is 5.57 Å². The van der Waals surface area contributed by atoms with Crippen molar-refractivity contribution in [3.05, 3.63) is 87.2 Å². The maximum absolute atomic E-state index is 13.3. The molecule has 0 atom stereocenters.